The molecule has 2 atom stereocenters. The number of rotatable bonds is 1. The van der Waals surface area contributed by atoms with Crippen LogP contribution >= 0.6 is 0 Å². The van der Waals surface area contributed by atoms with Crippen molar-refractivity contribution in [1.29, 1.82) is 0 Å². The molecule has 75 valence electrons. The van der Waals surface area contributed by atoms with Gasteiger partial charge in [-0.3, -0.25) is 0 Å². The predicted octanol–water partition coefficient (Wildman–Crippen LogP) is 2.05. The second-order valence-electron chi connectivity index (χ2n) is 4.08. The summed E-state index contributed by atoms with van der Waals surface area (Å²) in [5.74, 6) is -0.144. The van der Waals surface area contributed by atoms with Crippen molar-refractivity contribution in [2.45, 2.75) is 29.3 Å². The molecule has 1 aromatic carbocycles. The second kappa shape index (κ2) is 4.64. The van der Waals surface area contributed by atoms with Crippen LogP contribution in [0.3, 0.4) is 0 Å². The number of benzene rings is 1. The number of fused-ring (bicyclic) bond motifs is 1. The van der Waals surface area contributed by atoms with Crippen molar-refractivity contribution in [2.75, 3.05) is 0 Å². The van der Waals surface area contributed by atoms with Crippen LogP contribution in [-0.4, -0.2) is 12.1 Å². The molecule has 2 nitrogen and oxygen atoms in total. The van der Waals surface area contributed by atoms with E-state index in [4.69, 9.17) is 4.74 Å². The van der Waals surface area contributed by atoms with Crippen LogP contribution in [0.5, 0.6) is 0 Å². The van der Waals surface area contributed by atoms with Gasteiger partial charge in [0, 0.05) is 0 Å². The van der Waals surface area contributed by atoms with Gasteiger partial charge in [0.1, 0.15) is 0 Å². The van der Waals surface area contributed by atoms with Crippen molar-refractivity contribution < 1.29 is 35.7 Å². The first-order valence-corrected chi connectivity index (χ1v) is 8.41. The third-order valence-corrected chi connectivity index (χ3v) is 6.03. The maximum atomic E-state index is 11.0. The van der Waals surface area contributed by atoms with E-state index in [0.29, 0.717) is 29.5 Å². The zero-order valence-corrected chi connectivity index (χ0v) is 14.4. The Balaban J connectivity index is 2.18. The van der Waals surface area contributed by atoms with Gasteiger partial charge in [-0.2, -0.15) is 0 Å². The SMILES string of the molecule is CC(=O)OC1Cc2ccccc2C[CH]1[Hg]. The fourth-order valence-electron chi connectivity index (χ4n) is 2.10. The number of carbonyl (C=O) groups is 1. The topological polar surface area (TPSA) is 26.3 Å². The summed E-state index contributed by atoms with van der Waals surface area (Å²) in [6.45, 7) is 1.50. The molecule has 0 heterocycles. The Morgan fingerprint density at radius 3 is 2.53 bits per heavy atom. The molecule has 1 aromatic rings. The second-order valence-corrected chi connectivity index (χ2v) is 8.16. The molecule has 0 saturated heterocycles. The first-order chi connectivity index (χ1) is 7.16. The molecule has 15 heavy (non-hydrogen) atoms. The van der Waals surface area contributed by atoms with E-state index < -0.39 is 0 Å². The zero-order chi connectivity index (χ0) is 10.8. The van der Waals surface area contributed by atoms with Crippen LogP contribution in [0.15, 0.2) is 24.3 Å². The fourth-order valence-corrected chi connectivity index (χ4v) is 4.34. The van der Waals surface area contributed by atoms with Gasteiger partial charge in [-0.05, 0) is 0 Å². The summed E-state index contributed by atoms with van der Waals surface area (Å²) in [7, 11) is 0. The molecule has 1 aliphatic rings. The van der Waals surface area contributed by atoms with E-state index in [0.717, 1.165) is 12.8 Å². The first kappa shape index (κ1) is 11.1. The molecule has 2 unspecified atom stereocenters. The number of ether oxygens (including phenoxy) is 1. The van der Waals surface area contributed by atoms with Crippen molar-refractivity contribution in [3.05, 3.63) is 35.4 Å². The van der Waals surface area contributed by atoms with Crippen molar-refractivity contribution in [1.82, 2.24) is 0 Å². The van der Waals surface area contributed by atoms with Crippen molar-refractivity contribution in [3.63, 3.8) is 0 Å². The van der Waals surface area contributed by atoms with Gasteiger partial charge in [0.05, 0.1) is 0 Å². The van der Waals surface area contributed by atoms with Gasteiger partial charge in [0.15, 0.2) is 0 Å². The van der Waals surface area contributed by atoms with E-state index >= 15 is 0 Å². The molecule has 0 fully saturated rings. The standard InChI is InChI=1S/C12H13O2.Hg/c1-9(13)14-12-7-6-10-4-2-3-5-11(10)8-12;/h2-5,7,12H,6,8H2,1H3;. The van der Waals surface area contributed by atoms with Crippen LogP contribution in [0.2, 0.25) is 3.43 Å². The van der Waals surface area contributed by atoms with Gasteiger partial charge >= 0.3 is 106 Å². The molecule has 2 rings (SSSR count). The molecule has 0 saturated carbocycles. The van der Waals surface area contributed by atoms with E-state index in [1.165, 1.54) is 18.1 Å². The average Bonchev–Trinajstić information content (AvgIpc) is 2.18. The molecule has 0 N–H and O–H groups in total. The monoisotopic (exact) mass is 391 g/mol. The van der Waals surface area contributed by atoms with Crippen LogP contribution < -0.4 is 0 Å². The van der Waals surface area contributed by atoms with Crippen molar-refractivity contribution in [3.8, 4) is 0 Å². The minimum absolute atomic E-state index is 0.140. The molecule has 0 bridgehead atoms. The molecular formula is C12H13HgO2. The molecular weight excluding hydrogens is 377 g/mol. The molecule has 0 amide bonds. The van der Waals surface area contributed by atoms with Crippen LogP contribution in [-0.2, 0) is 48.5 Å². The van der Waals surface area contributed by atoms with Crippen LogP contribution in [0, 0.1) is 0 Å². The van der Waals surface area contributed by atoms with Crippen molar-refractivity contribution >= 4 is 5.97 Å². The summed E-state index contributed by atoms with van der Waals surface area (Å²) < 4.78 is 5.98. The third kappa shape index (κ3) is 2.60. The Hall–Kier alpha value is -0.375. The molecule has 0 aliphatic heterocycles. The van der Waals surface area contributed by atoms with Gasteiger partial charge in [-0.15, -0.1) is 0 Å². The van der Waals surface area contributed by atoms with Crippen LogP contribution in [0.25, 0.3) is 0 Å². The van der Waals surface area contributed by atoms with E-state index in [2.05, 4.69) is 24.3 Å². The molecule has 1 aliphatic carbocycles. The Morgan fingerprint density at radius 1 is 1.33 bits per heavy atom. The summed E-state index contributed by atoms with van der Waals surface area (Å²) in [5, 5.41) is 0. The maximum absolute atomic E-state index is 11.0. The summed E-state index contributed by atoms with van der Waals surface area (Å²) in [6.07, 6.45) is 2.14. The summed E-state index contributed by atoms with van der Waals surface area (Å²) in [4.78, 5) is 11.0. The fraction of sp³-hybridized carbons (Fsp3) is 0.417. The Morgan fingerprint density at radius 2 is 1.93 bits per heavy atom. The third-order valence-electron chi connectivity index (χ3n) is 2.86. The van der Waals surface area contributed by atoms with Gasteiger partial charge in [0.2, 0.25) is 0 Å². The Bertz CT molecular complexity index is 376. The van der Waals surface area contributed by atoms with Crippen molar-refractivity contribution in [2.24, 2.45) is 0 Å². The van der Waals surface area contributed by atoms with E-state index in [1.54, 1.807) is 0 Å². The average molecular weight is 390 g/mol. The number of esters is 1. The normalized spacial score (nSPS) is 24.5. The number of hydrogen-bond acceptors (Lipinski definition) is 2. The van der Waals surface area contributed by atoms with E-state index in [-0.39, 0.29) is 12.1 Å². The van der Waals surface area contributed by atoms with E-state index in [1.807, 2.05) is 0 Å². The van der Waals surface area contributed by atoms with Crippen LogP contribution in [0.4, 0.5) is 0 Å². The van der Waals surface area contributed by atoms with Crippen LogP contribution in [0.1, 0.15) is 18.1 Å². The molecule has 0 radical (unpaired) electrons. The minimum atomic E-state index is -0.144. The summed E-state index contributed by atoms with van der Waals surface area (Å²) >= 11 is 0.656. The van der Waals surface area contributed by atoms with E-state index in [9.17, 15) is 4.79 Å². The van der Waals surface area contributed by atoms with Gasteiger partial charge in [-0.1, -0.05) is 0 Å². The Kier molecular flexibility index (Phi) is 3.44. The summed E-state index contributed by atoms with van der Waals surface area (Å²) in [6, 6.07) is 8.48. The quantitative estimate of drug-likeness (QED) is 0.543. The Labute approximate surface area is 106 Å². The van der Waals surface area contributed by atoms with Gasteiger partial charge in [0.25, 0.3) is 0 Å². The van der Waals surface area contributed by atoms with Gasteiger partial charge < -0.3 is 0 Å². The number of carbonyl (C=O) groups excluding carboxylic acids is 1. The van der Waals surface area contributed by atoms with Gasteiger partial charge in [-0.25, -0.2) is 0 Å². The zero-order valence-electron chi connectivity index (χ0n) is 8.90. The number of hydrogen-bond donors (Lipinski definition) is 0. The molecule has 0 spiro atoms. The molecule has 0 aromatic heterocycles. The summed E-state index contributed by atoms with van der Waals surface area (Å²) in [5.41, 5.74) is 2.80. The molecule has 3 heteroatoms. The predicted molar refractivity (Wildman–Crippen MR) is 53.2 cm³/mol. The first-order valence-electron chi connectivity index (χ1n) is 5.24.